The summed E-state index contributed by atoms with van der Waals surface area (Å²) in [4.78, 5) is 14.2. The number of hydrogen-bond donors (Lipinski definition) is 2. The molecule has 0 saturated heterocycles. The zero-order valence-electron chi connectivity index (χ0n) is 17.8. The van der Waals surface area contributed by atoms with Gasteiger partial charge in [-0.1, -0.05) is 60.7 Å². The van der Waals surface area contributed by atoms with Crippen molar-refractivity contribution in [1.82, 2.24) is 15.0 Å². The largest absolute Gasteiger partial charge is 0.465 e. The first kappa shape index (κ1) is 20.2. The zero-order valence-corrected chi connectivity index (χ0v) is 17.8. The molecular formula is C25H24N4O3. The fraction of sp³-hybridized carbons (Fsp3) is 0.200. The molecule has 1 aromatic heterocycles. The minimum Gasteiger partial charge on any atom is -0.465 e. The number of para-hydroxylation sites is 1. The number of hydroxylamine groups is 1. The predicted molar refractivity (Wildman–Crippen MR) is 123 cm³/mol. The van der Waals surface area contributed by atoms with Crippen molar-refractivity contribution < 1.29 is 14.7 Å². The minimum absolute atomic E-state index is 0.0496. The number of nitrogens with one attached hydrogen (secondary N) is 1. The molecule has 0 bridgehead atoms. The fourth-order valence-electron chi connectivity index (χ4n) is 4.04. The van der Waals surface area contributed by atoms with Crippen LogP contribution in [0.15, 0.2) is 71.7 Å². The Kier molecular flexibility index (Phi) is 5.58. The maximum atomic E-state index is 9.84. The van der Waals surface area contributed by atoms with Crippen LogP contribution in [0.4, 0.5) is 0 Å². The summed E-state index contributed by atoms with van der Waals surface area (Å²) < 4.78 is 7.83. The lowest BCUT2D eigenvalue weighted by Crippen LogP contribution is -2.18. The van der Waals surface area contributed by atoms with Crippen molar-refractivity contribution in [2.45, 2.75) is 20.1 Å². The van der Waals surface area contributed by atoms with Gasteiger partial charge in [0.15, 0.2) is 12.6 Å². The summed E-state index contributed by atoms with van der Waals surface area (Å²) in [6.45, 7) is 3.32. The number of aliphatic hydroxyl groups excluding tert-OH is 1. The maximum Gasteiger partial charge on any atom is 0.297 e. The second-order valence-corrected chi connectivity index (χ2v) is 7.48. The minimum atomic E-state index is -0.0496. The molecule has 0 unspecified atom stereocenters. The molecule has 0 spiro atoms. The first-order valence-corrected chi connectivity index (χ1v) is 10.6. The van der Waals surface area contributed by atoms with Gasteiger partial charge in [-0.2, -0.15) is 4.98 Å². The van der Waals surface area contributed by atoms with E-state index in [2.05, 4.69) is 45.8 Å². The van der Waals surface area contributed by atoms with Crippen molar-refractivity contribution in [2.24, 2.45) is 4.99 Å². The number of ether oxygens (including phenoxy) is 1. The van der Waals surface area contributed by atoms with E-state index in [-0.39, 0.29) is 6.61 Å². The number of amidine groups is 1. The van der Waals surface area contributed by atoms with Crippen LogP contribution in [0.25, 0.3) is 22.2 Å². The van der Waals surface area contributed by atoms with E-state index in [9.17, 15) is 5.11 Å². The van der Waals surface area contributed by atoms with E-state index < -0.39 is 0 Å². The fourth-order valence-corrected chi connectivity index (χ4v) is 4.04. The maximum absolute atomic E-state index is 9.84. The van der Waals surface area contributed by atoms with Crippen LogP contribution in [0.5, 0.6) is 6.01 Å². The summed E-state index contributed by atoms with van der Waals surface area (Å²) in [5, 5.41) is 9.84. The predicted octanol–water partition coefficient (Wildman–Crippen LogP) is 3.88. The second-order valence-electron chi connectivity index (χ2n) is 7.48. The Morgan fingerprint density at radius 1 is 1.03 bits per heavy atom. The lowest BCUT2D eigenvalue weighted by molar-refractivity contribution is 0.115. The molecule has 3 aromatic carbocycles. The third-order valence-corrected chi connectivity index (χ3v) is 5.50. The molecule has 0 amide bonds. The SMILES string of the molecule is CCOc1nc2cccc(CO)c2n1Cc1ccc(-c2ccccc2C2=NCON2)cc1. The Labute approximate surface area is 185 Å². The number of aliphatic imine (C=N–C) groups is 1. The van der Waals surface area contributed by atoms with E-state index in [4.69, 9.17) is 9.57 Å². The first-order chi connectivity index (χ1) is 15.8. The van der Waals surface area contributed by atoms with Crippen molar-refractivity contribution in [3.8, 4) is 17.1 Å². The van der Waals surface area contributed by atoms with E-state index in [0.717, 1.165) is 44.7 Å². The number of nitrogens with zero attached hydrogens (tertiary/aromatic N) is 3. The van der Waals surface area contributed by atoms with Crippen LogP contribution < -0.4 is 10.2 Å². The molecule has 1 aliphatic rings. The molecule has 0 radical (unpaired) electrons. The summed E-state index contributed by atoms with van der Waals surface area (Å²) in [5.74, 6) is 0.743. The Morgan fingerprint density at radius 3 is 2.56 bits per heavy atom. The van der Waals surface area contributed by atoms with E-state index in [1.165, 1.54) is 0 Å². The van der Waals surface area contributed by atoms with Crippen molar-refractivity contribution >= 4 is 16.9 Å². The Morgan fingerprint density at radius 2 is 1.84 bits per heavy atom. The van der Waals surface area contributed by atoms with Crippen molar-refractivity contribution in [3.63, 3.8) is 0 Å². The van der Waals surface area contributed by atoms with E-state index in [1.807, 2.05) is 47.9 Å². The number of rotatable bonds is 7. The molecule has 0 aliphatic carbocycles. The van der Waals surface area contributed by atoms with Gasteiger partial charge in [-0.3, -0.25) is 9.40 Å². The molecule has 0 atom stereocenters. The molecule has 7 nitrogen and oxygen atoms in total. The number of aromatic nitrogens is 2. The van der Waals surface area contributed by atoms with Crippen LogP contribution in [-0.2, 0) is 18.0 Å². The molecule has 1 aliphatic heterocycles. The Hall–Kier alpha value is -3.68. The van der Waals surface area contributed by atoms with E-state index in [0.29, 0.717) is 25.9 Å². The monoisotopic (exact) mass is 428 g/mol. The van der Waals surface area contributed by atoms with Crippen LogP contribution in [0.3, 0.4) is 0 Å². The van der Waals surface area contributed by atoms with Crippen LogP contribution in [0.2, 0.25) is 0 Å². The standard InChI is InChI=1S/C25H24N4O3/c1-2-31-25-27-22-9-5-6-19(15-30)23(22)29(25)14-17-10-12-18(13-11-17)20-7-3-4-8-21(20)24-26-16-32-28-24/h3-13,30H,2,14-16H2,1H3,(H,26,28). The number of fused-ring (bicyclic) bond motifs is 1. The molecule has 162 valence electrons. The van der Waals surface area contributed by atoms with Gasteiger partial charge in [0.25, 0.3) is 6.01 Å². The first-order valence-electron chi connectivity index (χ1n) is 10.6. The normalized spacial score (nSPS) is 13.2. The highest BCUT2D eigenvalue weighted by Crippen LogP contribution is 2.28. The second kappa shape index (κ2) is 8.82. The summed E-state index contributed by atoms with van der Waals surface area (Å²) >= 11 is 0. The quantitative estimate of drug-likeness (QED) is 0.467. The van der Waals surface area contributed by atoms with Crippen molar-refractivity contribution in [3.05, 3.63) is 83.4 Å². The molecule has 5 rings (SSSR count). The van der Waals surface area contributed by atoms with Gasteiger partial charge in [0.05, 0.1) is 30.8 Å². The van der Waals surface area contributed by atoms with Gasteiger partial charge in [0, 0.05) is 11.1 Å². The third-order valence-electron chi connectivity index (χ3n) is 5.50. The van der Waals surface area contributed by atoms with Gasteiger partial charge in [0.1, 0.15) is 0 Å². The van der Waals surface area contributed by atoms with Gasteiger partial charge in [-0.05, 0) is 29.7 Å². The summed E-state index contributed by atoms with van der Waals surface area (Å²) in [5.41, 5.74) is 9.72. The van der Waals surface area contributed by atoms with Gasteiger partial charge in [0.2, 0.25) is 0 Å². The van der Waals surface area contributed by atoms with Crippen LogP contribution in [-0.4, -0.2) is 33.8 Å². The van der Waals surface area contributed by atoms with Crippen LogP contribution >= 0.6 is 0 Å². The molecule has 2 heterocycles. The summed E-state index contributed by atoms with van der Waals surface area (Å²) in [6, 6.07) is 22.9. The number of hydrogen-bond acceptors (Lipinski definition) is 6. The lowest BCUT2D eigenvalue weighted by Gasteiger charge is -2.13. The van der Waals surface area contributed by atoms with Crippen molar-refractivity contribution in [2.75, 3.05) is 13.3 Å². The topological polar surface area (TPSA) is 80.9 Å². The number of aliphatic hydroxyl groups is 1. The smallest absolute Gasteiger partial charge is 0.297 e. The molecular weight excluding hydrogens is 404 g/mol. The van der Waals surface area contributed by atoms with E-state index >= 15 is 0 Å². The molecule has 4 aromatic rings. The van der Waals surface area contributed by atoms with Crippen LogP contribution in [0, 0.1) is 0 Å². The number of benzene rings is 3. The Balaban J connectivity index is 1.49. The molecule has 0 fully saturated rings. The van der Waals surface area contributed by atoms with Crippen LogP contribution in [0.1, 0.15) is 23.6 Å². The van der Waals surface area contributed by atoms with Gasteiger partial charge >= 0.3 is 0 Å². The Bertz CT molecular complexity index is 1280. The third kappa shape index (κ3) is 3.72. The highest BCUT2D eigenvalue weighted by Gasteiger charge is 2.16. The van der Waals surface area contributed by atoms with Gasteiger partial charge in [-0.25, -0.2) is 10.5 Å². The lowest BCUT2D eigenvalue weighted by atomic mass is 9.98. The molecule has 7 heteroatoms. The number of imidazole rings is 1. The zero-order chi connectivity index (χ0) is 21.9. The highest BCUT2D eigenvalue weighted by molar-refractivity contribution is 6.04. The van der Waals surface area contributed by atoms with E-state index in [1.54, 1.807) is 0 Å². The highest BCUT2D eigenvalue weighted by atomic mass is 16.7. The average Bonchev–Trinajstić information content (AvgIpc) is 3.49. The summed E-state index contributed by atoms with van der Waals surface area (Å²) in [7, 11) is 0. The summed E-state index contributed by atoms with van der Waals surface area (Å²) in [6.07, 6.45) is 0. The average molecular weight is 428 g/mol. The van der Waals surface area contributed by atoms with Gasteiger partial charge in [-0.15, -0.1) is 0 Å². The molecule has 32 heavy (non-hydrogen) atoms. The van der Waals surface area contributed by atoms with Crippen molar-refractivity contribution in [1.29, 1.82) is 0 Å². The molecule has 0 saturated carbocycles. The molecule has 2 N–H and O–H groups in total. The van der Waals surface area contributed by atoms with Gasteiger partial charge < -0.3 is 9.84 Å².